The lowest BCUT2D eigenvalue weighted by molar-refractivity contribution is -0.137. The molecule has 51 heavy (non-hydrogen) atoms. The molecule has 7 rings (SSSR count). The van der Waals surface area contributed by atoms with Gasteiger partial charge in [0.1, 0.15) is 18.1 Å². The number of nitrogens with one attached hydrogen (secondary N) is 1. The number of aromatic hydroxyl groups is 1. The molecular formula is C33H36F3N9O5S. The zero-order valence-electron chi connectivity index (χ0n) is 30.1. The molecule has 2 N–H and O–H groups in total. The molecule has 0 radical (unpaired) electrons. The van der Waals surface area contributed by atoms with E-state index >= 15 is 0 Å². The normalized spacial score (nSPS) is 22.6. The number of amides is 2. The summed E-state index contributed by atoms with van der Waals surface area (Å²) in [7, 11) is 0. The van der Waals surface area contributed by atoms with Crippen LogP contribution in [0.3, 0.4) is 0 Å². The van der Waals surface area contributed by atoms with Crippen LogP contribution >= 0.6 is 11.3 Å². The van der Waals surface area contributed by atoms with Gasteiger partial charge in [-0.25, -0.2) is 9.97 Å². The van der Waals surface area contributed by atoms with E-state index in [0.29, 0.717) is 11.3 Å². The van der Waals surface area contributed by atoms with Crippen LogP contribution in [0.4, 0.5) is 23.9 Å². The van der Waals surface area contributed by atoms with Crippen LogP contribution in [-0.2, 0) is 15.7 Å². The first-order valence-electron chi connectivity index (χ1n) is 17.4. The maximum absolute atomic E-state index is 14.5. The molecule has 3 aliphatic rings. The van der Waals surface area contributed by atoms with Crippen molar-refractivity contribution >= 4 is 45.2 Å². The molecule has 0 spiro atoms. The van der Waals surface area contributed by atoms with Crippen molar-refractivity contribution in [2.75, 3.05) is 43.0 Å². The van der Waals surface area contributed by atoms with Crippen LogP contribution in [0, 0.1) is 13.8 Å². The summed E-state index contributed by atoms with van der Waals surface area (Å²) >= 11 is 0.773. The van der Waals surface area contributed by atoms with Gasteiger partial charge >= 0.3 is 6.18 Å². The highest BCUT2D eigenvalue weighted by Crippen LogP contribution is 2.44. The minimum absolute atomic E-state index is 0.0184. The van der Waals surface area contributed by atoms with Gasteiger partial charge in [0.05, 0.1) is 31.3 Å². The summed E-state index contributed by atoms with van der Waals surface area (Å²) in [5.41, 5.74) is -0.0423. The molecule has 0 bridgehead atoms. The number of halogens is 3. The Balaban J connectivity index is 1.29. The highest BCUT2D eigenvalue weighted by atomic mass is 32.1. The monoisotopic (exact) mass is 729 g/mol. The van der Waals surface area contributed by atoms with Crippen LogP contribution in [0.2, 0.25) is 0 Å². The van der Waals surface area contributed by atoms with E-state index in [1.165, 1.54) is 13.3 Å². The Hall–Kier alpha value is -4.84. The SMILES string of the molecule is [2H]C1([2H])CCC(c2nc3n4c(c(N5CCN(C(=O)c6ncnc(C)c6O)[C@H](C)C5)c(=O)n3n2)C(C)CC4C(=O)Nc2scc(C(F)(F)F)c2C)=CCO1. The summed E-state index contributed by atoms with van der Waals surface area (Å²) in [6, 6.07) is -1.45. The number of nitrogens with zero attached hydrogens (tertiary/aromatic N) is 8. The average Bonchev–Trinajstić information content (AvgIpc) is 3.75. The van der Waals surface area contributed by atoms with E-state index in [1.54, 1.807) is 29.4 Å². The number of thiophene rings is 1. The van der Waals surface area contributed by atoms with E-state index in [2.05, 4.69) is 20.4 Å². The van der Waals surface area contributed by atoms with Crippen molar-refractivity contribution in [1.82, 2.24) is 34.0 Å². The van der Waals surface area contributed by atoms with Gasteiger partial charge in [0.25, 0.3) is 11.5 Å². The van der Waals surface area contributed by atoms with Gasteiger partial charge in [-0.05, 0) is 51.2 Å². The molecule has 1 saturated heterocycles. The Morgan fingerprint density at radius 3 is 2.71 bits per heavy atom. The fourth-order valence-corrected chi connectivity index (χ4v) is 8.01. The van der Waals surface area contributed by atoms with Crippen LogP contribution in [0.5, 0.6) is 5.75 Å². The Morgan fingerprint density at radius 1 is 1.20 bits per heavy atom. The third-order valence-corrected chi connectivity index (χ3v) is 10.7. The zero-order valence-corrected chi connectivity index (χ0v) is 28.9. The van der Waals surface area contributed by atoms with Gasteiger partial charge in [-0.1, -0.05) is 13.0 Å². The summed E-state index contributed by atoms with van der Waals surface area (Å²) in [4.78, 5) is 58.0. The Bertz CT molecular complexity index is 2240. The number of carbonyl (C=O) groups excluding carboxylic acids is 2. The van der Waals surface area contributed by atoms with E-state index in [9.17, 15) is 32.7 Å². The summed E-state index contributed by atoms with van der Waals surface area (Å²) in [5, 5.41) is 18.7. The number of aromatic nitrogens is 6. The summed E-state index contributed by atoms with van der Waals surface area (Å²) in [5.74, 6) is -1.57. The Morgan fingerprint density at radius 2 is 1.98 bits per heavy atom. The second-order valence-electron chi connectivity index (χ2n) is 12.9. The van der Waals surface area contributed by atoms with E-state index < -0.39 is 47.8 Å². The van der Waals surface area contributed by atoms with E-state index in [-0.39, 0.29) is 96.4 Å². The van der Waals surface area contributed by atoms with Crippen molar-refractivity contribution in [2.45, 2.75) is 71.1 Å². The molecule has 14 nitrogen and oxygen atoms in total. The van der Waals surface area contributed by atoms with Crippen LogP contribution in [0.25, 0.3) is 11.4 Å². The fourth-order valence-electron chi connectivity index (χ4n) is 7.02. The molecule has 4 aromatic rings. The number of fused-ring (bicyclic) bond motifs is 3. The first-order valence-corrected chi connectivity index (χ1v) is 17.3. The predicted molar refractivity (Wildman–Crippen MR) is 181 cm³/mol. The first kappa shape index (κ1) is 32.1. The van der Waals surface area contributed by atoms with Gasteiger partial charge in [0.15, 0.2) is 17.3 Å². The smallest absolute Gasteiger partial charge is 0.417 e. The third kappa shape index (κ3) is 6.03. The maximum atomic E-state index is 14.5. The Labute approximate surface area is 296 Å². The Kier molecular flexibility index (Phi) is 8.21. The third-order valence-electron chi connectivity index (χ3n) is 9.65. The van der Waals surface area contributed by atoms with Crippen molar-refractivity contribution in [3.63, 3.8) is 0 Å². The minimum atomic E-state index is -4.59. The second kappa shape index (κ2) is 13.0. The zero-order chi connectivity index (χ0) is 38.1. The fraction of sp³-hybridized carbons (Fsp3) is 0.485. The van der Waals surface area contributed by atoms with Gasteiger partial charge in [-0.2, -0.15) is 22.7 Å². The quantitative estimate of drug-likeness (QED) is 0.303. The molecule has 3 atom stereocenters. The molecule has 7 heterocycles. The van der Waals surface area contributed by atoms with E-state index in [4.69, 9.17) is 12.5 Å². The highest BCUT2D eigenvalue weighted by molar-refractivity contribution is 7.14. The molecule has 18 heteroatoms. The van der Waals surface area contributed by atoms with Gasteiger partial charge in [0.2, 0.25) is 11.7 Å². The molecule has 0 aliphatic carbocycles. The van der Waals surface area contributed by atoms with Crippen molar-refractivity contribution in [1.29, 1.82) is 0 Å². The molecule has 2 unspecified atom stereocenters. The highest BCUT2D eigenvalue weighted by Gasteiger charge is 2.42. The summed E-state index contributed by atoms with van der Waals surface area (Å²) in [6.45, 7) is 5.14. The first-order chi connectivity index (χ1) is 25.0. The molecule has 2 amide bonds. The molecule has 270 valence electrons. The van der Waals surface area contributed by atoms with Crippen LogP contribution < -0.4 is 15.8 Å². The van der Waals surface area contributed by atoms with Gasteiger partial charge < -0.3 is 25.0 Å². The number of hydrogen-bond donors (Lipinski definition) is 2. The van der Waals surface area contributed by atoms with E-state index in [1.807, 2.05) is 11.8 Å². The predicted octanol–water partition coefficient (Wildman–Crippen LogP) is 4.32. The van der Waals surface area contributed by atoms with Crippen molar-refractivity contribution in [3.05, 3.63) is 62.2 Å². The number of aryl methyl sites for hydroxylation is 1. The van der Waals surface area contributed by atoms with Gasteiger partial charge in [0, 0.05) is 43.5 Å². The summed E-state index contributed by atoms with van der Waals surface area (Å²) < 4.78 is 64.8. The topological polar surface area (TPSA) is 160 Å². The molecule has 1 fully saturated rings. The van der Waals surface area contributed by atoms with Crippen LogP contribution in [0.1, 0.15) is 86.6 Å². The molecule has 0 aromatic carbocycles. The van der Waals surface area contributed by atoms with Crippen molar-refractivity contribution in [2.24, 2.45) is 0 Å². The number of carbonyl (C=O) groups is 2. The number of ether oxygens (including phenoxy) is 1. The number of alkyl halides is 3. The summed E-state index contributed by atoms with van der Waals surface area (Å²) in [6.07, 6.45) is -1.31. The van der Waals surface area contributed by atoms with Crippen molar-refractivity contribution < 1.29 is 35.3 Å². The number of hydrogen-bond acceptors (Lipinski definition) is 11. The minimum Gasteiger partial charge on any atom is -0.504 e. The maximum Gasteiger partial charge on any atom is 0.417 e. The van der Waals surface area contributed by atoms with Gasteiger partial charge in [-0.3, -0.25) is 19.0 Å². The number of piperazine rings is 1. The number of rotatable bonds is 5. The van der Waals surface area contributed by atoms with Gasteiger partial charge in [-0.15, -0.1) is 16.4 Å². The molecule has 0 saturated carbocycles. The lowest BCUT2D eigenvalue weighted by Crippen LogP contribution is -2.55. The number of anilines is 2. The molecule has 4 aromatic heterocycles. The van der Waals surface area contributed by atoms with E-state index in [0.717, 1.165) is 21.2 Å². The average molecular weight is 730 g/mol. The van der Waals surface area contributed by atoms with Crippen molar-refractivity contribution in [3.8, 4) is 5.75 Å². The van der Waals surface area contributed by atoms with Crippen LogP contribution in [0.15, 0.2) is 22.6 Å². The second-order valence-corrected chi connectivity index (χ2v) is 13.8. The lowest BCUT2D eigenvalue weighted by atomic mass is 10.0. The number of allylic oxidation sites excluding steroid dienone is 1. The largest absolute Gasteiger partial charge is 0.504 e. The van der Waals surface area contributed by atoms with Crippen LogP contribution in [-0.4, -0.2) is 89.8 Å². The molecular weight excluding hydrogens is 691 g/mol. The lowest BCUT2D eigenvalue weighted by Gasteiger charge is -2.41. The molecule has 3 aliphatic heterocycles. The standard InChI is InChI=1S/C33H36F3N9O5S/c1-16-12-22(28(47)40-29-18(3)21(14-51-29)33(34,35)36)44-24(16)25(31(49)45-32(44)39-27(41-45)20-6-5-10-50-11-7-20)42-8-9-43(17(2)13-42)30(48)23-26(46)19(4)37-15-38-23/h7,14-17,22,46H,5-6,8-13H2,1-4H3,(H,40,47)/t16?,17-,22?/m1/s1/i10D2.